The number of fused-ring (bicyclic) bond motifs is 1. The van der Waals surface area contributed by atoms with Crippen LogP contribution in [-0.4, -0.2) is 84.6 Å². The number of aromatic amines is 1. The molecule has 1 fully saturated rings. The van der Waals surface area contributed by atoms with Crippen LogP contribution in [0.15, 0.2) is 49.3 Å². The highest BCUT2D eigenvalue weighted by atomic mass is 19.1. The van der Waals surface area contributed by atoms with Crippen LogP contribution >= 0.6 is 0 Å². The van der Waals surface area contributed by atoms with Gasteiger partial charge in [-0.15, -0.1) is 0 Å². The number of pyridine rings is 1. The second kappa shape index (κ2) is 11.2. The molecule has 204 valence electrons. The number of nitrogens with zero attached hydrogens (tertiary/aromatic N) is 3. The van der Waals surface area contributed by atoms with Gasteiger partial charge in [-0.25, -0.2) is 4.39 Å². The van der Waals surface area contributed by atoms with Gasteiger partial charge >= 0.3 is 0 Å². The lowest BCUT2D eigenvalue weighted by Crippen LogP contribution is -2.55. The molecule has 2 aromatic heterocycles. The number of nitrogens with one attached hydrogen (secondary N) is 3. The predicted molar refractivity (Wildman–Crippen MR) is 145 cm³/mol. The first-order chi connectivity index (χ1) is 18.9. The van der Waals surface area contributed by atoms with Crippen molar-refractivity contribution in [3.8, 4) is 22.8 Å². The van der Waals surface area contributed by atoms with Crippen molar-refractivity contribution in [3.63, 3.8) is 0 Å². The average molecular weight is 535 g/mol. The van der Waals surface area contributed by atoms with Crippen molar-refractivity contribution >= 4 is 23.2 Å². The molecule has 0 aliphatic carbocycles. The van der Waals surface area contributed by atoms with E-state index in [1.165, 1.54) is 19.3 Å². The number of hydrogen-bond acceptors (Lipinski definition) is 7. The number of amides is 2. The first-order valence-corrected chi connectivity index (χ1v) is 12.7. The molecule has 3 N–H and O–H groups in total. The minimum absolute atomic E-state index is 0.0363. The van der Waals surface area contributed by atoms with Gasteiger partial charge in [0, 0.05) is 50.1 Å². The van der Waals surface area contributed by atoms with Crippen LogP contribution in [0.3, 0.4) is 0 Å². The van der Waals surface area contributed by atoms with Gasteiger partial charge in [-0.05, 0) is 31.3 Å². The number of para-hydroxylation sites is 1. The number of anilines is 2. The van der Waals surface area contributed by atoms with Crippen molar-refractivity contribution in [1.29, 1.82) is 0 Å². The van der Waals surface area contributed by atoms with Crippen LogP contribution < -0.4 is 20.1 Å². The normalized spacial score (nSPS) is 17.3. The largest absolute Gasteiger partial charge is 0.492 e. The fraction of sp³-hybridized carbons (Fsp3) is 0.321. The number of carbonyl (C=O) groups is 2. The molecule has 2 aliphatic heterocycles. The number of halogens is 1. The van der Waals surface area contributed by atoms with Crippen molar-refractivity contribution in [1.82, 2.24) is 25.1 Å². The molecule has 1 aromatic carbocycles. The van der Waals surface area contributed by atoms with Crippen LogP contribution in [0, 0.1) is 5.82 Å². The van der Waals surface area contributed by atoms with Gasteiger partial charge in [0.25, 0.3) is 5.91 Å². The van der Waals surface area contributed by atoms with Gasteiger partial charge in [-0.2, -0.15) is 0 Å². The van der Waals surface area contributed by atoms with Crippen LogP contribution in [0.4, 0.5) is 15.8 Å². The number of carbonyl (C=O) groups excluding carboxylic acids is 2. The second-order valence-electron chi connectivity index (χ2n) is 9.51. The van der Waals surface area contributed by atoms with Crippen LogP contribution in [-0.2, 0) is 11.2 Å². The van der Waals surface area contributed by atoms with Gasteiger partial charge in [0.15, 0.2) is 11.6 Å². The minimum Gasteiger partial charge on any atom is -0.492 e. The van der Waals surface area contributed by atoms with Crippen molar-refractivity contribution in [2.45, 2.75) is 12.5 Å². The fourth-order valence-electron chi connectivity index (χ4n) is 5.10. The molecular formula is C28H31FN6O4. The number of rotatable bonds is 8. The second-order valence-corrected chi connectivity index (χ2v) is 9.51. The van der Waals surface area contributed by atoms with E-state index in [1.54, 1.807) is 35.5 Å². The molecule has 39 heavy (non-hydrogen) atoms. The van der Waals surface area contributed by atoms with Gasteiger partial charge in [0.05, 0.1) is 42.0 Å². The summed E-state index contributed by atoms with van der Waals surface area (Å²) in [6, 6.07) is 6.16. The molecule has 2 aliphatic rings. The van der Waals surface area contributed by atoms with Gasteiger partial charge in [0.1, 0.15) is 12.4 Å². The third kappa shape index (κ3) is 5.17. The van der Waals surface area contributed by atoms with Gasteiger partial charge < -0.3 is 34.9 Å². The number of ether oxygens (including phenoxy) is 2. The number of benzene rings is 1. The third-order valence-corrected chi connectivity index (χ3v) is 7.02. The van der Waals surface area contributed by atoms with Crippen molar-refractivity contribution in [2.24, 2.45) is 0 Å². The highest BCUT2D eigenvalue weighted by Gasteiger charge is 2.31. The number of methoxy groups -OCH3 is 1. The highest BCUT2D eigenvalue weighted by Crippen LogP contribution is 2.42. The molecule has 0 saturated carbocycles. The molecule has 0 radical (unpaired) electrons. The Morgan fingerprint density at radius 3 is 2.97 bits per heavy atom. The van der Waals surface area contributed by atoms with E-state index in [2.05, 4.69) is 32.1 Å². The monoisotopic (exact) mass is 534 g/mol. The maximum atomic E-state index is 14.5. The third-order valence-electron chi connectivity index (χ3n) is 7.02. The van der Waals surface area contributed by atoms with E-state index < -0.39 is 5.82 Å². The first-order valence-electron chi connectivity index (χ1n) is 12.7. The molecule has 10 nitrogen and oxygen atoms in total. The van der Waals surface area contributed by atoms with E-state index in [1.807, 2.05) is 7.05 Å². The fourth-order valence-corrected chi connectivity index (χ4v) is 5.10. The van der Waals surface area contributed by atoms with E-state index in [0.717, 1.165) is 12.2 Å². The smallest absolute Gasteiger partial charge is 0.255 e. The summed E-state index contributed by atoms with van der Waals surface area (Å²) in [5.41, 5.74) is 3.31. The topological polar surface area (TPSA) is 112 Å². The van der Waals surface area contributed by atoms with Crippen LogP contribution in [0.5, 0.6) is 11.5 Å². The zero-order chi connectivity index (χ0) is 27.5. The molecule has 1 atom stereocenters. The Morgan fingerprint density at radius 2 is 2.18 bits per heavy atom. The molecule has 0 unspecified atom stereocenters. The van der Waals surface area contributed by atoms with Gasteiger partial charge in [-0.1, -0.05) is 12.6 Å². The Morgan fingerprint density at radius 1 is 1.33 bits per heavy atom. The van der Waals surface area contributed by atoms with Gasteiger partial charge in [0.2, 0.25) is 5.91 Å². The van der Waals surface area contributed by atoms with Crippen LogP contribution in [0.25, 0.3) is 11.3 Å². The van der Waals surface area contributed by atoms with E-state index in [9.17, 15) is 14.0 Å². The molecule has 4 heterocycles. The molecule has 0 spiro atoms. The Balaban J connectivity index is 1.52. The summed E-state index contributed by atoms with van der Waals surface area (Å²) in [5, 5.41) is 6.11. The summed E-state index contributed by atoms with van der Waals surface area (Å²) in [5.74, 6) is -0.389. The highest BCUT2D eigenvalue weighted by molar-refractivity contribution is 6.06. The van der Waals surface area contributed by atoms with E-state index in [0.29, 0.717) is 60.0 Å². The zero-order valence-electron chi connectivity index (χ0n) is 21.9. The molecule has 11 heteroatoms. The number of aromatic nitrogens is 2. The summed E-state index contributed by atoms with van der Waals surface area (Å²) in [7, 11) is 3.40. The number of H-pyrrole nitrogens is 1. The van der Waals surface area contributed by atoms with Crippen molar-refractivity contribution in [3.05, 3.63) is 66.4 Å². The van der Waals surface area contributed by atoms with Crippen molar-refractivity contribution < 1.29 is 23.5 Å². The SMILES string of the molecule is C=CC(=O)N1CCN(C)C[C@H]1COc1cnccc1-c1[nH]c2c(c1Nc1cccc(F)c1OC)C(=O)NCC2. The standard InChI is InChI=1S/C28H31FN6O4/c1-4-23(36)35-13-12-34(2)15-17(35)16-39-22-14-30-10-8-18(22)25-26(24-20(32-25)9-11-31-28(24)37)33-21-7-5-6-19(29)27(21)38-3/h4-8,10,14,17,32-33H,1,9,11-13,15-16H2,2-3H3,(H,31,37)/t17-/m0/s1. The lowest BCUT2D eigenvalue weighted by atomic mass is 10.0. The molecule has 1 saturated heterocycles. The molecule has 5 rings (SSSR count). The lowest BCUT2D eigenvalue weighted by molar-refractivity contribution is -0.131. The molecule has 2 amide bonds. The maximum Gasteiger partial charge on any atom is 0.255 e. The van der Waals surface area contributed by atoms with Crippen molar-refractivity contribution in [2.75, 3.05) is 52.3 Å². The molecular weight excluding hydrogens is 503 g/mol. The molecule has 3 aromatic rings. The Bertz CT molecular complexity index is 1410. The summed E-state index contributed by atoms with van der Waals surface area (Å²) < 4.78 is 26.1. The van der Waals surface area contributed by atoms with E-state index >= 15 is 0 Å². The summed E-state index contributed by atoms with van der Waals surface area (Å²) in [6.45, 7) is 6.36. The first kappa shape index (κ1) is 26.2. The lowest BCUT2D eigenvalue weighted by Gasteiger charge is -2.39. The minimum atomic E-state index is -0.526. The zero-order valence-corrected chi connectivity index (χ0v) is 21.9. The van der Waals surface area contributed by atoms with Gasteiger partial charge in [-0.3, -0.25) is 14.6 Å². The average Bonchev–Trinajstić information content (AvgIpc) is 3.31. The van der Waals surface area contributed by atoms with Crippen LogP contribution in [0.2, 0.25) is 0 Å². The van der Waals surface area contributed by atoms with E-state index in [-0.39, 0.29) is 30.2 Å². The summed E-state index contributed by atoms with van der Waals surface area (Å²) >= 11 is 0. The summed E-state index contributed by atoms with van der Waals surface area (Å²) in [6.07, 6.45) is 5.16. The number of hydrogen-bond donors (Lipinski definition) is 3. The Kier molecular flexibility index (Phi) is 7.51. The Labute approximate surface area is 225 Å². The van der Waals surface area contributed by atoms with E-state index in [4.69, 9.17) is 9.47 Å². The quantitative estimate of drug-likeness (QED) is 0.381. The maximum absolute atomic E-state index is 14.5. The number of piperazine rings is 1. The Hall–Kier alpha value is -4.38. The molecule has 0 bridgehead atoms. The van der Waals surface area contributed by atoms with Crippen LogP contribution in [0.1, 0.15) is 16.1 Å². The predicted octanol–water partition coefficient (Wildman–Crippen LogP) is 2.96. The summed E-state index contributed by atoms with van der Waals surface area (Å²) in [4.78, 5) is 37.0. The number of likely N-dealkylation sites (N-methyl/N-ethyl adjacent to an activating group) is 1.